The zero-order valence-corrected chi connectivity index (χ0v) is 13.4. The third-order valence-electron chi connectivity index (χ3n) is 5.24. The topological polar surface area (TPSA) is 12.0 Å². The number of hydrogen-bond donors (Lipinski definition) is 1. The Morgan fingerprint density at radius 2 is 1.89 bits per heavy atom. The molecule has 108 valence electrons. The predicted molar refractivity (Wildman–Crippen MR) is 81.9 cm³/mol. The molecule has 0 radical (unpaired) electrons. The van der Waals surface area contributed by atoms with Crippen molar-refractivity contribution in [3.8, 4) is 0 Å². The maximum absolute atomic E-state index is 3.87. The van der Waals surface area contributed by atoms with Crippen LogP contribution in [0.25, 0.3) is 0 Å². The predicted octanol–water partition coefficient (Wildman–Crippen LogP) is 5.01. The van der Waals surface area contributed by atoms with E-state index in [1.165, 1.54) is 51.5 Å². The van der Waals surface area contributed by atoms with E-state index < -0.39 is 0 Å². The quantitative estimate of drug-likeness (QED) is 0.672. The first-order valence-corrected chi connectivity index (χ1v) is 8.28. The normalized spacial score (nSPS) is 27.2. The van der Waals surface area contributed by atoms with Crippen LogP contribution < -0.4 is 5.32 Å². The van der Waals surface area contributed by atoms with Gasteiger partial charge < -0.3 is 5.32 Å². The van der Waals surface area contributed by atoms with Crippen molar-refractivity contribution < 1.29 is 0 Å². The maximum Gasteiger partial charge on any atom is 0.0146 e. The molecule has 1 saturated carbocycles. The molecular weight excluding hydrogens is 218 g/mol. The highest BCUT2D eigenvalue weighted by Crippen LogP contribution is 2.39. The minimum absolute atomic E-state index is 0.440. The smallest absolute Gasteiger partial charge is 0.0146 e. The highest BCUT2D eigenvalue weighted by molar-refractivity contribution is 4.91. The molecule has 1 nitrogen and oxygen atoms in total. The average molecular weight is 253 g/mol. The molecule has 1 fully saturated rings. The van der Waals surface area contributed by atoms with Crippen molar-refractivity contribution in [2.24, 2.45) is 17.3 Å². The van der Waals surface area contributed by atoms with Crippen LogP contribution in [0.1, 0.15) is 79.6 Å². The Kier molecular flexibility index (Phi) is 6.70. The first kappa shape index (κ1) is 16.0. The molecule has 1 heteroatoms. The second-order valence-corrected chi connectivity index (χ2v) is 6.97. The lowest BCUT2D eigenvalue weighted by atomic mass is 9.68. The third kappa shape index (κ3) is 4.26. The molecule has 0 aliphatic heterocycles. The fraction of sp³-hybridized carbons (Fsp3) is 1.00. The monoisotopic (exact) mass is 253 g/mol. The van der Waals surface area contributed by atoms with Gasteiger partial charge in [0.05, 0.1) is 0 Å². The largest absolute Gasteiger partial charge is 0.313 e. The molecule has 0 aromatic rings. The Balaban J connectivity index is 2.69. The van der Waals surface area contributed by atoms with Crippen molar-refractivity contribution in [2.45, 2.75) is 85.6 Å². The molecule has 1 rings (SSSR count). The van der Waals surface area contributed by atoms with Gasteiger partial charge in [0.2, 0.25) is 0 Å². The lowest BCUT2D eigenvalue weighted by Gasteiger charge is -2.43. The van der Waals surface area contributed by atoms with Crippen LogP contribution >= 0.6 is 0 Å². The van der Waals surface area contributed by atoms with Gasteiger partial charge in [0, 0.05) is 6.04 Å². The summed E-state index contributed by atoms with van der Waals surface area (Å²) in [5.74, 6) is 1.90. The lowest BCUT2D eigenvalue weighted by molar-refractivity contribution is 0.116. The van der Waals surface area contributed by atoms with E-state index in [-0.39, 0.29) is 0 Å². The van der Waals surface area contributed by atoms with E-state index in [0.29, 0.717) is 5.41 Å². The summed E-state index contributed by atoms with van der Waals surface area (Å²) in [5, 5.41) is 3.87. The number of hydrogen-bond acceptors (Lipinski definition) is 1. The van der Waals surface area contributed by atoms with E-state index in [0.717, 1.165) is 17.9 Å². The van der Waals surface area contributed by atoms with Crippen LogP contribution in [0.3, 0.4) is 0 Å². The summed E-state index contributed by atoms with van der Waals surface area (Å²) in [6, 6.07) is 0.719. The van der Waals surface area contributed by atoms with Crippen LogP contribution in [-0.2, 0) is 0 Å². The first-order chi connectivity index (χ1) is 8.55. The molecule has 0 aromatic heterocycles. The summed E-state index contributed by atoms with van der Waals surface area (Å²) in [5.41, 5.74) is 0.440. The lowest BCUT2D eigenvalue weighted by Crippen LogP contribution is -2.48. The van der Waals surface area contributed by atoms with Gasteiger partial charge >= 0.3 is 0 Å². The standard InChI is InChI=1S/C17H35N/c1-6-12-18-16(17(4,5)8-3)15-11-9-10-14(7-2)13-15/h14-16,18H,6-13H2,1-5H3. The van der Waals surface area contributed by atoms with E-state index in [1.807, 2.05) is 0 Å². The molecule has 0 amide bonds. The molecular formula is C17H35N. The van der Waals surface area contributed by atoms with Crippen LogP contribution in [0.15, 0.2) is 0 Å². The molecule has 18 heavy (non-hydrogen) atoms. The minimum Gasteiger partial charge on any atom is -0.313 e. The third-order valence-corrected chi connectivity index (χ3v) is 5.24. The summed E-state index contributed by atoms with van der Waals surface area (Å²) in [4.78, 5) is 0. The maximum atomic E-state index is 3.87. The molecule has 0 saturated heterocycles. The van der Waals surface area contributed by atoms with Gasteiger partial charge in [0.15, 0.2) is 0 Å². The van der Waals surface area contributed by atoms with Crippen LogP contribution in [-0.4, -0.2) is 12.6 Å². The van der Waals surface area contributed by atoms with E-state index in [4.69, 9.17) is 0 Å². The van der Waals surface area contributed by atoms with E-state index >= 15 is 0 Å². The average Bonchev–Trinajstić information content (AvgIpc) is 2.39. The molecule has 0 bridgehead atoms. The molecule has 1 N–H and O–H groups in total. The van der Waals surface area contributed by atoms with E-state index in [9.17, 15) is 0 Å². The Morgan fingerprint density at radius 1 is 1.17 bits per heavy atom. The summed E-state index contributed by atoms with van der Waals surface area (Å²) in [6.07, 6.45) is 9.74. The highest BCUT2D eigenvalue weighted by Gasteiger charge is 2.36. The summed E-state index contributed by atoms with van der Waals surface area (Å²) in [7, 11) is 0. The molecule has 1 aliphatic rings. The van der Waals surface area contributed by atoms with Crippen LogP contribution in [0.2, 0.25) is 0 Å². The Morgan fingerprint density at radius 3 is 2.44 bits per heavy atom. The van der Waals surface area contributed by atoms with Crippen molar-refractivity contribution in [2.75, 3.05) is 6.54 Å². The highest BCUT2D eigenvalue weighted by atomic mass is 14.9. The van der Waals surface area contributed by atoms with Gasteiger partial charge in [0.1, 0.15) is 0 Å². The first-order valence-electron chi connectivity index (χ1n) is 8.28. The van der Waals surface area contributed by atoms with E-state index in [2.05, 4.69) is 39.9 Å². The number of rotatable bonds is 7. The molecule has 0 spiro atoms. The Bertz CT molecular complexity index is 222. The van der Waals surface area contributed by atoms with Crippen LogP contribution in [0.5, 0.6) is 0 Å². The van der Waals surface area contributed by atoms with Gasteiger partial charge in [-0.2, -0.15) is 0 Å². The van der Waals surface area contributed by atoms with Crippen LogP contribution in [0, 0.1) is 17.3 Å². The van der Waals surface area contributed by atoms with Crippen molar-refractivity contribution in [1.82, 2.24) is 5.32 Å². The van der Waals surface area contributed by atoms with Gasteiger partial charge in [0.25, 0.3) is 0 Å². The van der Waals surface area contributed by atoms with Gasteiger partial charge in [-0.25, -0.2) is 0 Å². The Labute approximate surface area is 115 Å². The Hall–Kier alpha value is -0.0400. The van der Waals surface area contributed by atoms with Crippen molar-refractivity contribution in [3.05, 3.63) is 0 Å². The van der Waals surface area contributed by atoms with Crippen molar-refractivity contribution >= 4 is 0 Å². The second kappa shape index (κ2) is 7.53. The summed E-state index contributed by atoms with van der Waals surface area (Å²) >= 11 is 0. The van der Waals surface area contributed by atoms with Gasteiger partial charge in [-0.15, -0.1) is 0 Å². The van der Waals surface area contributed by atoms with Gasteiger partial charge in [-0.05, 0) is 49.5 Å². The van der Waals surface area contributed by atoms with Crippen molar-refractivity contribution in [3.63, 3.8) is 0 Å². The zero-order chi connectivity index (χ0) is 13.6. The molecule has 3 unspecified atom stereocenters. The van der Waals surface area contributed by atoms with Crippen LogP contribution in [0.4, 0.5) is 0 Å². The molecule has 0 heterocycles. The minimum atomic E-state index is 0.440. The van der Waals surface area contributed by atoms with Gasteiger partial charge in [-0.1, -0.05) is 53.9 Å². The molecule has 3 atom stereocenters. The summed E-state index contributed by atoms with van der Waals surface area (Å²) < 4.78 is 0. The zero-order valence-electron chi connectivity index (χ0n) is 13.4. The second-order valence-electron chi connectivity index (χ2n) is 6.97. The van der Waals surface area contributed by atoms with E-state index in [1.54, 1.807) is 0 Å². The molecule has 1 aliphatic carbocycles. The molecule has 0 aromatic carbocycles. The van der Waals surface area contributed by atoms with Gasteiger partial charge in [-0.3, -0.25) is 0 Å². The summed E-state index contributed by atoms with van der Waals surface area (Å²) in [6.45, 7) is 13.1. The fourth-order valence-electron chi connectivity index (χ4n) is 3.61. The SMILES string of the molecule is CCCNC(C1CCCC(CC)C1)C(C)(C)CC. The fourth-order valence-corrected chi connectivity index (χ4v) is 3.61. The number of nitrogens with one attached hydrogen (secondary N) is 1. The van der Waals surface area contributed by atoms with Crippen molar-refractivity contribution in [1.29, 1.82) is 0 Å².